The summed E-state index contributed by atoms with van der Waals surface area (Å²) in [5, 5.41) is 3.34. The third kappa shape index (κ3) is 2.14. The maximum Gasteiger partial charge on any atom is 0.235 e. The number of imidazole rings is 1. The van der Waals surface area contributed by atoms with Crippen molar-refractivity contribution in [1.82, 2.24) is 19.7 Å². The molecule has 1 unspecified atom stereocenters. The lowest BCUT2D eigenvalue weighted by Gasteiger charge is -2.32. The van der Waals surface area contributed by atoms with Crippen LogP contribution < -0.4 is 5.32 Å². The standard InChI is InChI=1S/C17H18N4O2/c1-2-4-14-12(3-1)19-16-20-13(5-10-21(14)16)15-11-22-17(23-15)6-8-18-9-7-17/h1-5,10,15,18H,6-9,11H2. The Morgan fingerprint density at radius 1 is 1.13 bits per heavy atom. The molecule has 2 saturated heterocycles. The van der Waals surface area contributed by atoms with E-state index >= 15 is 0 Å². The highest BCUT2D eigenvalue weighted by Crippen LogP contribution is 2.38. The molecule has 6 nitrogen and oxygen atoms in total. The molecule has 23 heavy (non-hydrogen) atoms. The van der Waals surface area contributed by atoms with Gasteiger partial charge in [-0.2, -0.15) is 0 Å². The molecule has 2 aromatic heterocycles. The van der Waals surface area contributed by atoms with Gasteiger partial charge in [0.15, 0.2) is 5.79 Å². The van der Waals surface area contributed by atoms with E-state index in [4.69, 9.17) is 14.5 Å². The monoisotopic (exact) mass is 310 g/mol. The molecule has 0 saturated carbocycles. The Labute approximate surface area is 133 Å². The Morgan fingerprint density at radius 2 is 2.00 bits per heavy atom. The fourth-order valence-electron chi connectivity index (χ4n) is 3.51. The van der Waals surface area contributed by atoms with E-state index in [2.05, 4.69) is 16.4 Å². The SMILES string of the molecule is c1ccc2c(c1)nc1nc(C3COC4(CCNCC4)O3)ccn12. The lowest BCUT2D eigenvalue weighted by atomic mass is 10.1. The van der Waals surface area contributed by atoms with Crippen molar-refractivity contribution in [3.63, 3.8) is 0 Å². The number of hydrogen-bond acceptors (Lipinski definition) is 5. The number of nitrogens with zero attached hydrogens (tertiary/aromatic N) is 3. The van der Waals surface area contributed by atoms with Gasteiger partial charge in [0.25, 0.3) is 0 Å². The second-order valence-electron chi connectivity index (χ2n) is 6.20. The molecule has 6 heteroatoms. The second-order valence-corrected chi connectivity index (χ2v) is 6.20. The van der Waals surface area contributed by atoms with Crippen LogP contribution in [0.25, 0.3) is 16.8 Å². The number of para-hydroxylation sites is 2. The highest BCUT2D eigenvalue weighted by atomic mass is 16.7. The van der Waals surface area contributed by atoms with Gasteiger partial charge in [0.05, 0.1) is 23.3 Å². The third-order valence-electron chi connectivity index (χ3n) is 4.75. The molecular weight excluding hydrogens is 292 g/mol. The number of piperidine rings is 1. The highest BCUT2D eigenvalue weighted by molar-refractivity contribution is 5.79. The molecular formula is C17H18N4O2. The summed E-state index contributed by atoms with van der Waals surface area (Å²) in [6, 6.07) is 10.1. The molecule has 2 aliphatic rings. The quantitative estimate of drug-likeness (QED) is 0.745. The van der Waals surface area contributed by atoms with Gasteiger partial charge in [-0.25, -0.2) is 9.97 Å². The van der Waals surface area contributed by atoms with Gasteiger partial charge in [-0.3, -0.25) is 4.40 Å². The molecule has 0 aliphatic carbocycles. The molecule has 0 radical (unpaired) electrons. The van der Waals surface area contributed by atoms with Crippen molar-refractivity contribution in [3.8, 4) is 0 Å². The third-order valence-corrected chi connectivity index (χ3v) is 4.75. The summed E-state index contributed by atoms with van der Waals surface area (Å²) in [6.45, 7) is 2.43. The average Bonchev–Trinajstić information content (AvgIpc) is 3.16. The molecule has 1 N–H and O–H groups in total. The largest absolute Gasteiger partial charge is 0.347 e. The molecule has 2 fully saturated rings. The van der Waals surface area contributed by atoms with Crippen LogP contribution in [0.15, 0.2) is 36.5 Å². The normalized spacial score (nSPS) is 23.9. The number of ether oxygens (including phenoxy) is 2. The first-order valence-corrected chi connectivity index (χ1v) is 8.09. The molecule has 1 spiro atoms. The van der Waals surface area contributed by atoms with Crippen molar-refractivity contribution >= 4 is 16.8 Å². The van der Waals surface area contributed by atoms with Crippen molar-refractivity contribution in [2.24, 2.45) is 0 Å². The van der Waals surface area contributed by atoms with E-state index < -0.39 is 5.79 Å². The molecule has 4 heterocycles. The van der Waals surface area contributed by atoms with Gasteiger partial charge >= 0.3 is 0 Å². The fraction of sp³-hybridized carbons (Fsp3) is 0.412. The van der Waals surface area contributed by atoms with E-state index in [1.165, 1.54) is 0 Å². The fourth-order valence-corrected chi connectivity index (χ4v) is 3.51. The van der Waals surface area contributed by atoms with Gasteiger partial charge in [0.1, 0.15) is 6.10 Å². The van der Waals surface area contributed by atoms with Crippen LogP contribution in [0.5, 0.6) is 0 Å². The van der Waals surface area contributed by atoms with Gasteiger partial charge in [-0.05, 0) is 18.2 Å². The number of rotatable bonds is 1. The summed E-state index contributed by atoms with van der Waals surface area (Å²) in [5.41, 5.74) is 2.92. The van der Waals surface area contributed by atoms with E-state index in [-0.39, 0.29) is 6.10 Å². The number of aromatic nitrogens is 3. The van der Waals surface area contributed by atoms with Crippen LogP contribution in [-0.2, 0) is 9.47 Å². The van der Waals surface area contributed by atoms with Crippen molar-refractivity contribution in [3.05, 3.63) is 42.2 Å². The Hall–Kier alpha value is -2.02. The topological polar surface area (TPSA) is 60.7 Å². The molecule has 0 bridgehead atoms. The minimum Gasteiger partial charge on any atom is -0.347 e. The first kappa shape index (κ1) is 13.4. The van der Waals surface area contributed by atoms with E-state index in [0.29, 0.717) is 12.4 Å². The predicted octanol–water partition coefficient (Wildman–Crippen LogP) is 2.05. The molecule has 3 aromatic rings. The average molecular weight is 310 g/mol. The van der Waals surface area contributed by atoms with E-state index in [1.807, 2.05) is 34.9 Å². The van der Waals surface area contributed by atoms with Crippen LogP contribution in [0.1, 0.15) is 24.6 Å². The van der Waals surface area contributed by atoms with Gasteiger partial charge < -0.3 is 14.8 Å². The summed E-state index contributed by atoms with van der Waals surface area (Å²) >= 11 is 0. The van der Waals surface area contributed by atoms with Gasteiger partial charge in [0, 0.05) is 32.1 Å². The Morgan fingerprint density at radius 3 is 2.91 bits per heavy atom. The van der Waals surface area contributed by atoms with Crippen molar-refractivity contribution in [2.45, 2.75) is 24.7 Å². The van der Waals surface area contributed by atoms with Crippen LogP contribution in [0.3, 0.4) is 0 Å². The van der Waals surface area contributed by atoms with E-state index in [9.17, 15) is 0 Å². The molecule has 0 amide bonds. The summed E-state index contributed by atoms with van der Waals surface area (Å²) in [6.07, 6.45) is 3.68. The smallest absolute Gasteiger partial charge is 0.235 e. The highest BCUT2D eigenvalue weighted by Gasteiger charge is 2.43. The molecule has 2 aliphatic heterocycles. The minimum absolute atomic E-state index is 0.113. The number of hydrogen-bond donors (Lipinski definition) is 1. The van der Waals surface area contributed by atoms with Gasteiger partial charge in [-0.15, -0.1) is 0 Å². The Balaban J connectivity index is 1.50. The zero-order valence-electron chi connectivity index (χ0n) is 12.7. The van der Waals surface area contributed by atoms with Crippen LogP contribution in [0.2, 0.25) is 0 Å². The Kier molecular flexibility index (Phi) is 2.91. The van der Waals surface area contributed by atoms with Crippen molar-refractivity contribution in [2.75, 3.05) is 19.7 Å². The number of fused-ring (bicyclic) bond motifs is 3. The number of nitrogens with one attached hydrogen (secondary N) is 1. The summed E-state index contributed by atoms with van der Waals surface area (Å²) < 4.78 is 14.2. The first-order valence-electron chi connectivity index (χ1n) is 8.09. The summed E-state index contributed by atoms with van der Waals surface area (Å²) in [4.78, 5) is 9.30. The van der Waals surface area contributed by atoms with Gasteiger partial charge in [0.2, 0.25) is 5.78 Å². The maximum absolute atomic E-state index is 6.24. The Bertz CT molecular complexity index is 869. The van der Waals surface area contributed by atoms with Crippen molar-refractivity contribution < 1.29 is 9.47 Å². The van der Waals surface area contributed by atoms with Crippen LogP contribution in [0.4, 0.5) is 0 Å². The van der Waals surface area contributed by atoms with Crippen LogP contribution >= 0.6 is 0 Å². The van der Waals surface area contributed by atoms with Crippen LogP contribution in [-0.4, -0.2) is 39.9 Å². The lowest BCUT2D eigenvalue weighted by Crippen LogP contribution is -2.42. The van der Waals surface area contributed by atoms with Crippen molar-refractivity contribution in [1.29, 1.82) is 0 Å². The molecule has 5 rings (SSSR count). The first-order chi connectivity index (χ1) is 11.3. The summed E-state index contributed by atoms with van der Waals surface area (Å²) in [5.74, 6) is 0.280. The lowest BCUT2D eigenvalue weighted by molar-refractivity contribution is -0.184. The zero-order chi connectivity index (χ0) is 15.3. The molecule has 1 aromatic carbocycles. The van der Waals surface area contributed by atoms with Gasteiger partial charge in [-0.1, -0.05) is 12.1 Å². The number of benzene rings is 1. The summed E-state index contributed by atoms with van der Waals surface area (Å²) in [7, 11) is 0. The second kappa shape index (κ2) is 4.99. The molecule has 118 valence electrons. The predicted molar refractivity (Wildman–Crippen MR) is 85.1 cm³/mol. The van der Waals surface area contributed by atoms with E-state index in [1.54, 1.807) is 0 Å². The molecule has 1 atom stereocenters. The maximum atomic E-state index is 6.24. The van der Waals surface area contributed by atoms with E-state index in [0.717, 1.165) is 42.7 Å². The zero-order valence-corrected chi connectivity index (χ0v) is 12.7. The van der Waals surface area contributed by atoms with Crippen LogP contribution in [0, 0.1) is 0 Å². The minimum atomic E-state index is -0.427.